The molecule has 2 aromatic carbocycles. The molecule has 0 atom stereocenters. The molecule has 0 unspecified atom stereocenters. The van der Waals surface area contributed by atoms with Crippen LogP contribution in [0.15, 0.2) is 47.3 Å². The van der Waals surface area contributed by atoms with Gasteiger partial charge < -0.3 is 19.8 Å². The lowest BCUT2D eigenvalue weighted by atomic mass is 10.1. The zero-order valence-electron chi connectivity index (χ0n) is 16.5. The second kappa shape index (κ2) is 8.60. The number of Topliss-reactive ketones (excluding diaryl/α,β-unsaturated/α-hetero) is 1. The number of methoxy groups -OCH3 is 2. The number of H-pyrrole nitrogens is 1. The third kappa shape index (κ3) is 4.63. The lowest BCUT2D eigenvalue weighted by Crippen LogP contribution is -2.17. The summed E-state index contributed by atoms with van der Waals surface area (Å²) >= 11 is 0. The lowest BCUT2D eigenvalue weighted by Gasteiger charge is -2.10. The molecule has 7 heteroatoms. The number of aromatic nitrogens is 1. The summed E-state index contributed by atoms with van der Waals surface area (Å²) in [6, 6.07) is 12.0. The topological polar surface area (TPSA) is 97.5 Å². The summed E-state index contributed by atoms with van der Waals surface area (Å²) in [7, 11) is 3.07. The number of nitrogens with one attached hydrogen (secondary N) is 2. The maximum absolute atomic E-state index is 12.4. The van der Waals surface area contributed by atoms with E-state index in [0.717, 1.165) is 5.39 Å². The van der Waals surface area contributed by atoms with Gasteiger partial charge in [0.05, 0.1) is 19.7 Å². The number of rotatable bonds is 7. The van der Waals surface area contributed by atoms with Crippen LogP contribution in [0.3, 0.4) is 0 Å². The van der Waals surface area contributed by atoms with Crippen molar-refractivity contribution in [2.24, 2.45) is 0 Å². The normalized spacial score (nSPS) is 10.6. The van der Waals surface area contributed by atoms with Crippen molar-refractivity contribution in [3.63, 3.8) is 0 Å². The molecule has 1 amide bonds. The number of aromatic amines is 1. The van der Waals surface area contributed by atoms with Crippen LogP contribution in [-0.2, 0) is 11.2 Å². The van der Waals surface area contributed by atoms with E-state index in [1.807, 2.05) is 0 Å². The van der Waals surface area contributed by atoms with Crippen molar-refractivity contribution < 1.29 is 19.1 Å². The summed E-state index contributed by atoms with van der Waals surface area (Å²) < 4.78 is 10.6. The van der Waals surface area contributed by atoms with Crippen LogP contribution in [0.2, 0.25) is 0 Å². The van der Waals surface area contributed by atoms with Crippen molar-refractivity contribution in [1.29, 1.82) is 0 Å². The first kappa shape index (κ1) is 20.1. The number of carbonyl (C=O) groups is 2. The fourth-order valence-electron chi connectivity index (χ4n) is 3.05. The fraction of sp³-hybridized carbons (Fsp3) is 0.227. The number of carbonyl (C=O) groups excluding carboxylic acids is 2. The number of anilines is 1. The van der Waals surface area contributed by atoms with Gasteiger partial charge in [-0.05, 0) is 37.6 Å². The molecule has 0 fully saturated rings. The molecular formula is C22H22N2O5. The molecule has 150 valence electrons. The number of ketones is 1. The second-order valence-corrected chi connectivity index (χ2v) is 6.60. The molecule has 0 aliphatic carbocycles. The van der Waals surface area contributed by atoms with E-state index in [4.69, 9.17) is 9.47 Å². The molecule has 0 saturated heterocycles. The first-order chi connectivity index (χ1) is 13.9. The summed E-state index contributed by atoms with van der Waals surface area (Å²) in [5.74, 6) is 0.769. The summed E-state index contributed by atoms with van der Waals surface area (Å²) in [6.07, 6.45) is 0.407. The Morgan fingerprint density at radius 1 is 1.03 bits per heavy atom. The monoisotopic (exact) mass is 394 g/mol. The van der Waals surface area contributed by atoms with Gasteiger partial charge in [-0.15, -0.1) is 0 Å². The molecule has 0 spiro atoms. The predicted molar refractivity (Wildman–Crippen MR) is 111 cm³/mol. The van der Waals surface area contributed by atoms with E-state index in [0.29, 0.717) is 33.8 Å². The fourth-order valence-corrected chi connectivity index (χ4v) is 3.05. The maximum Gasteiger partial charge on any atom is 0.251 e. The Hall–Kier alpha value is -3.61. The van der Waals surface area contributed by atoms with Gasteiger partial charge in [0.2, 0.25) is 5.91 Å². The van der Waals surface area contributed by atoms with Crippen LogP contribution in [0, 0.1) is 0 Å². The quantitative estimate of drug-likeness (QED) is 0.599. The minimum Gasteiger partial charge on any atom is -0.493 e. The highest BCUT2D eigenvalue weighted by Crippen LogP contribution is 2.31. The van der Waals surface area contributed by atoms with E-state index in [-0.39, 0.29) is 30.1 Å². The van der Waals surface area contributed by atoms with Crippen LogP contribution in [0.4, 0.5) is 5.69 Å². The Morgan fingerprint density at radius 3 is 2.45 bits per heavy atom. The zero-order valence-corrected chi connectivity index (χ0v) is 16.5. The van der Waals surface area contributed by atoms with Crippen LogP contribution in [-0.4, -0.2) is 30.9 Å². The molecule has 3 aromatic rings. The maximum atomic E-state index is 12.4. The Balaban J connectivity index is 1.75. The molecule has 7 nitrogen and oxygen atoms in total. The molecule has 3 rings (SSSR count). The minimum atomic E-state index is -0.254. The van der Waals surface area contributed by atoms with Gasteiger partial charge in [-0.3, -0.25) is 14.4 Å². The largest absolute Gasteiger partial charge is 0.493 e. The van der Waals surface area contributed by atoms with Crippen LogP contribution in [0.25, 0.3) is 10.9 Å². The van der Waals surface area contributed by atoms with Gasteiger partial charge >= 0.3 is 0 Å². The van der Waals surface area contributed by atoms with E-state index >= 15 is 0 Å². The first-order valence-electron chi connectivity index (χ1n) is 9.10. The molecule has 29 heavy (non-hydrogen) atoms. The Morgan fingerprint density at radius 2 is 1.76 bits per heavy atom. The summed E-state index contributed by atoms with van der Waals surface area (Å²) in [5.41, 5.74) is 1.94. The third-order valence-corrected chi connectivity index (χ3v) is 4.60. The number of hydrogen-bond donors (Lipinski definition) is 2. The number of aryl methyl sites for hydroxylation is 1. The number of fused-ring (bicyclic) bond motifs is 1. The van der Waals surface area contributed by atoms with Gasteiger partial charge in [0.1, 0.15) is 0 Å². The number of amides is 1. The van der Waals surface area contributed by atoms with Crippen LogP contribution in [0.5, 0.6) is 11.5 Å². The van der Waals surface area contributed by atoms with Gasteiger partial charge in [0.25, 0.3) is 5.56 Å². The number of pyridine rings is 1. The van der Waals surface area contributed by atoms with Gasteiger partial charge in [-0.1, -0.05) is 12.1 Å². The highest BCUT2D eigenvalue weighted by molar-refractivity contribution is 5.97. The number of hydrogen-bond acceptors (Lipinski definition) is 5. The average Bonchev–Trinajstić information content (AvgIpc) is 2.71. The van der Waals surface area contributed by atoms with Crippen molar-refractivity contribution in [2.75, 3.05) is 19.5 Å². The highest BCUT2D eigenvalue weighted by atomic mass is 16.5. The van der Waals surface area contributed by atoms with Crippen LogP contribution in [0.1, 0.15) is 29.3 Å². The SMILES string of the molecule is COc1cc2cc(CCC(=O)Nc3cccc(C(C)=O)c3)c(=O)[nH]c2cc1OC. The molecule has 1 aromatic heterocycles. The summed E-state index contributed by atoms with van der Waals surface area (Å²) in [6.45, 7) is 1.47. The van der Waals surface area contributed by atoms with Gasteiger partial charge in [-0.2, -0.15) is 0 Å². The highest BCUT2D eigenvalue weighted by Gasteiger charge is 2.11. The molecule has 0 saturated carbocycles. The molecule has 0 aliphatic heterocycles. The van der Waals surface area contributed by atoms with Crippen LogP contribution < -0.4 is 20.3 Å². The van der Waals surface area contributed by atoms with E-state index in [9.17, 15) is 14.4 Å². The van der Waals surface area contributed by atoms with E-state index in [1.54, 1.807) is 49.6 Å². The van der Waals surface area contributed by atoms with E-state index < -0.39 is 0 Å². The van der Waals surface area contributed by atoms with Gasteiger partial charge in [0.15, 0.2) is 17.3 Å². The minimum absolute atomic E-state index is 0.0733. The van der Waals surface area contributed by atoms with Crippen molar-refractivity contribution >= 4 is 28.3 Å². The van der Waals surface area contributed by atoms with Crippen molar-refractivity contribution in [3.8, 4) is 11.5 Å². The van der Waals surface area contributed by atoms with Crippen molar-refractivity contribution in [2.45, 2.75) is 19.8 Å². The molecule has 0 aliphatic rings. The molecule has 1 heterocycles. The Labute approximate surface area is 167 Å². The lowest BCUT2D eigenvalue weighted by molar-refractivity contribution is -0.116. The predicted octanol–water partition coefficient (Wildman–Crippen LogP) is 3.32. The smallest absolute Gasteiger partial charge is 0.251 e. The average molecular weight is 394 g/mol. The number of benzene rings is 2. The van der Waals surface area contributed by atoms with E-state index in [2.05, 4.69) is 10.3 Å². The van der Waals surface area contributed by atoms with Crippen molar-refractivity contribution in [3.05, 3.63) is 63.9 Å². The third-order valence-electron chi connectivity index (χ3n) is 4.60. The first-order valence-corrected chi connectivity index (χ1v) is 9.10. The standard InChI is InChI=1S/C22H22N2O5/c1-13(25)14-5-4-6-17(10-14)23-21(26)8-7-15-9-16-11-19(28-2)20(29-3)12-18(16)24-22(15)27/h4-6,9-12H,7-8H2,1-3H3,(H,23,26)(H,24,27). The van der Waals surface area contributed by atoms with Gasteiger partial charge in [-0.25, -0.2) is 0 Å². The van der Waals surface area contributed by atoms with Crippen molar-refractivity contribution in [1.82, 2.24) is 4.98 Å². The van der Waals surface area contributed by atoms with Gasteiger partial charge in [0, 0.05) is 34.7 Å². The molecule has 2 N–H and O–H groups in total. The Bertz CT molecular complexity index is 1130. The zero-order chi connectivity index (χ0) is 21.0. The second-order valence-electron chi connectivity index (χ2n) is 6.60. The molecule has 0 radical (unpaired) electrons. The Kier molecular flexibility index (Phi) is 5.97. The van der Waals surface area contributed by atoms with Crippen LogP contribution >= 0.6 is 0 Å². The summed E-state index contributed by atoms with van der Waals surface area (Å²) in [5, 5.41) is 3.54. The molecular weight excluding hydrogens is 372 g/mol. The molecule has 0 bridgehead atoms. The summed E-state index contributed by atoms with van der Waals surface area (Å²) in [4.78, 5) is 38.9. The number of ether oxygens (including phenoxy) is 2. The van der Waals surface area contributed by atoms with E-state index in [1.165, 1.54) is 14.0 Å².